The minimum Gasteiger partial charge on any atom is -0.370 e. The van der Waals surface area contributed by atoms with Crippen LogP contribution < -0.4 is 16.2 Å². The van der Waals surface area contributed by atoms with Crippen molar-refractivity contribution in [1.82, 2.24) is 24.7 Å². The maximum Gasteiger partial charge on any atom is 0.271 e. The van der Waals surface area contributed by atoms with Crippen molar-refractivity contribution in [2.45, 2.75) is 11.8 Å². The van der Waals surface area contributed by atoms with Gasteiger partial charge in [0.05, 0.1) is 11.9 Å². The van der Waals surface area contributed by atoms with E-state index >= 15 is 0 Å². The minimum absolute atomic E-state index is 0.188. The van der Waals surface area contributed by atoms with Crippen molar-refractivity contribution in [2.24, 2.45) is 5.92 Å². The third kappa shape index (κ3) is 5.27. The van der Waals surface area contributed by atoms with Crippen LogP contribution in [0.3, 0.4) is 0 Å². The number of thioether (sulfide) groups is 1. The molecule has 8 nitrogen and oxygen atoms in total. The summed E-state index contributed by atoms with van der Waals surface area (Å²) in [5, 5.41) is 10.6. The van der Waals surface area contributed by atoms with Crippen LogP contribution in [0.1, 0.15) is 6.92 Å². The summed E-state index contributed by atoms with van der Waals surface area (Å²) in [6.07, 6.45) is 8.80. The Labute approximate surface area is 161 Å². The van der Waals surface area contributed by atoms with Crippen LogP contribution in [0.2, 0.25) is 0 Å². The number of nitrogens with one attached hydrogen (secondary N) is 2. The second-order valence-electron chi connectivity index (χ2n) is 5.99. The number of anilines is 2. The standard InChI is InChI=1S/C18H21N7OS/c1-13(9-21-18-22-11-15(27-2)12-23-18)8-19-16-6-5-14(10-20-16)25-17(26)4-3-7-24-25/h3-7,10-13H,8-9H2,1-2H3,(H,19,20)(H,21,22,23). The number of nitrogens with zero attached hydrogens (tertiary/aromatic N) is 5. The van der Waals surface area contributed by atoms with E-state index in [1.165, 1.54) is 10.7 Å². The lowest BCUT2D eigenvalue weighted by atomic mass is 10.2. The molecule has 2 N–H and O–H groups in total. The van der Waals surface area contributed by atoms with Gasteiger partial charge in [0, 0.05) is 42.6 Å². The topological polar surface area (TPSA) is 97.6 Å². The lowest BCUT2D eigenvalue weighted by molar-refractivity contribution is 0.644. The van der Waals surface area contributed by atoms with Gasteiger partial charge in [0.1, 0.15) is 5.82 Å². The number of rotatable bonds is 8. The molecule has 0 aliphatic carbocycles. The molecule has 9 heteroatoms. The lowest BCUT2D eigenvalue weighted by Gasteiger charge is -2.14. The first-order valence-electron chi connectivity index (χ1n) is 8.50. The van der Waals surface area contributed by atoms with Crippen LogP contribution in [0.15, 0.2) is 58.7 Å². The van der Waals surface area contributed by atoms with Crippen LogP contribution >= 0.6 is 11.8 Å². The molecule has 3 heterocycles. The lowest BCUT2D eigenvalue weighted by Crippen LogP contribution is -2.21. The molecule has 0 saturated heterocycles. The van der Waals surface area contributed by atoms with E-state index in [0.717, 1.165) is 23.8 Å². The summed E-state index contributed by atoms with van der Waals surface area (Å²) in [5.41, 5.74) is 0.444. The molecule has 3 rings (SSSR count). The molecule has 0 saturated carbocycles. The predicted molar refractivity (Wildman–Crippen MR) is 108 cm³/mol. The average molecular weight is 383 g/mol. The van der Waals surface area contributed by atoms with Crippen LogP contribution in [0.25, 0.3) is 5.69 Å². The van der Waals surface area contributed by atoms with Crippen molar-refractivity contribution >= 4 is 23.5 Å². The van der Waals surface area contributed by atoms with E-state index in [2.05, 4.69) is 37.6 Å². The first-order valence-corrected chi connectivity index (χ1v) is 9.73. The van der Waals surface area contributed by atoms with E-state index in [1.54, 1.807) is 42.6 Å². The van der Waals surface area contributed by atoms with E-state index in [1.807, 2.05) is 18.4 Å². The van der Waals surface area contributed by atoms with Crippen LogP contribution in [0.4, 0.5) is 11.8 Å². The molecule has 140 valence electrons. The molecule has 0 spiro atoms. The zero-order valence-corrected chi connectivity index (χ0v) is 16.0. The predicted octanol–water partition coefficient (Wildman–Crippen LogP) is 2.30. The molecule has 0 radical (unpaired) electrons. The highest BCUT2D eigenvalue weighted by molar-refractivity contribution is 7.98. The maximum absolute atomic E-state index is 11.8. The van der Waals surface area contributed by atoms with Gasteiger partial charge in [0.25, 0.3) is 5.56 Å². The highest BCUT2D eigenvalue weighted by Gasteiger charge is 2.05. The fourth-order valence-electron chi connectivity index (χ4n) is 2.30. The summed E-state index contributed by atoms with van der Waals surface area (Å²) >= 11 is 1.62. The Morgan fingerprint density at radius 2 is 1.85 bits per heavy atom. The second kappa shape index (κ2) is 9.13. The Morgan fingerprint density at radius 3 is 2.52 bits per heavy atom. The summed E-state index contributed by atoms with van der Waals surface area (Å²) in [4.78, 5) is 25.7. The van der Waals surface area contributed by atoms with Crippen molar-refractivity contribution in [3.8, 4) is 5.69 Å². The molecule has 1 atom stereocenters. The number of pyridine rings is 1. The Kier molecular flexibility index (Phi) is 6.37. The van der Waals surface area contributed by atoms with Gasteiger partial charge in [0.2, 0.25) is 5.95 Å². The van der Waals surface area contributed by atoms with Crippen LogP contribution in [-0.2, 0) is 0 Å². The van der Waals surface area contributed by atoms with Gasteiger partial charge >= 0.3 is 0 Å². The van der Waals surface area contributed by atoms with Crippen molar-refractivity contribution in [2.75, 3.05) is 30.0 Å². The quantitative estimate of drug-likeness (QED) is 0.572. The van der Waals surface area contributed by atoms with Gasteiger partial charge in [-0.2, -0.15) is 9.78 Å². The first-order chi connectivity index (χ1) is 13.2. The third-order valence-corrected chi connectivity index (χ3v) is 4.49. The van der Waals surface area contributed by atoms with E-state index in [0.29, 0.717) is 17.6 Å². The summed E-state index contributed by atoms with van der Waals surface area (Å²) in [6, 6.07) is 6.72. The Morgan fingerprint density at radius 1 is 1.07 bits per heavy atom. The first kappa shape index (κ1) is 18.8. The van der Waals surface area contributed by atoms with Gasteiger partial charge in [-0.05, 0) is 30.4 Å². The SMILES string of the molecule is CSc1cnc(NCC(C)CNc2ccc(-n3ncccc3=O)cn2)nc1. The summed E-state index contributed by atoms with van der Waals surface area (Å²) in [5.74, 6) is 1.71. The van der Waals surface area contributed by atoms with E-state index in [4.69, 9.17) is 0 Å². The number of aromatic nitrogens is 5. The molecule has 3 aromatic rings. The van der Waals surface area contributed by atoms with Crippen molar-refractivity contribution < 1.29 is 0 Å². The largest absolute Gasteiger partial charge is 0.370 e. The highest BCUT2D eigenvalue weighted by Crippen LogP contribution is 2.12. The van der Waals surface area contributed by atoms with E-state index in [9.17, 15) is 4.79 Å². The Balaban J connectivity index is 1.49. The zero-order valence-electron chi connectivity index (χ0n) is 15.2. The van der Waals surface area contributed by atoms with E-state index < -0.39 is 0 Å². The summed E-state index contributed by atoms with van der Waals surface area (Å²) in [6.45, 7) is 3.61. The normalized spacial score (nSPS) is 11.8. The fraction of sp³-hybridized carbons (Fsp3) is 0.278. The molecule has 0 fully saturated rings. The van der Waals surface area contributed by atoms with Gasteiger partial charge in [-0.3, -0.25) is 4.79 Å². The molecule has 1 unspecified atom stereocenters. The summed E-state index contributed by atoms with van der Waals surface area (Å²) < 4.78 is 1.31. The summed E-state index contributed by atoms with van der Waals surface area (Å²) in [7, 11) is 0. The van der Waals surface area contributed by atoms with Gasteiger partial charge in [-0.25, -0.2) is 15.0 Å². The minimum atomic E-state index is -0.188. The van der Waals surface area contributed by atoms with Crippen LogP contribution in [-0.4, -0.2) is 44.1 Å². The maximum atomic E-state index is 11.8. The molecule has 0 aliphatic rings. The van der Waals surface area contributed by atoms with Crippen LogP contribution in [0, 0.1) is 5.92 Å². The molecular formula is C18H21N7OS. The third-order valence-electron chi connectivity index (χ3n) is 3.81. The number of hydrogen-bond acceptors (Lipinski definition) is 8. The van der Waals surface area contributed by atoms with Crippen molar-refractivity contribution in [3.63, 3.8) is 0 Å². The average Bonchev–Trinajstić information content (AvgIpc) is 2.72. The molecule has 27 heavy (non-hydrogen) atoms. The van der Waals surface area contributed by atoms with Crippen molar-refractivity contribution in [3.05, 3.63) is 59.4 Å². The monoisotopic (exact) mass is 383 g/mol. The molecule has 0 amide bonds. The second-order valence-corrected chi connectivity index (χ2v) is 6.87. The van der Waals surface area contributed by atoms with Crippen molar-refractivity contribution in [1.29, 1.82) is 0 Å². The van der Waals surface area contributed by atoms with Gasteiger partial charge in [-0.15, -0.1) is 11.8 Å². The zero-order chi connectivity index (χ0) is 19.1. The Hall–Kier alpha value is -2.94. The molecule has 0 aromatic carbocycles. The van der Waals surface area contributed by atoms with Gasteiger partial charge in [-0.1, -0.05) is 6.92 Å². The molecule has 0 bridgehead atoms. The van der Waals surface area contributed by atoms with E-state index in [-0.39, 0.29) is 5.56 Å². The smallest absolute Gasteiger partial charge is 0.271 e. The molecule has 3 aromatic heterocycles. The molecular weight excluding hydrogens is 362 g/mol. The van der Waals surface area contributed by atoms with Crippen LogP contribution in [0.5, 0.6) is 0 Å². The molecule has 0 aliphatic heterocycles. The Bertz CT molecular complexity index is 912. The number of hydrogen-bond donors (Lipinski definition) is 2. The van der Waals surface area contributed by atoms with Gasteiger partial charge in [0.15, 0.2) is 0 Å². The van der Waals surface area contributed by atoms with Gasteiger partial charge < -0.3 is 10.6 Å². The highest BCUT2D eigenvalue weighted by atomic mass is 32.2. The fourth-order valence-corrected chi connectivity index (χ4v) is 2.61.